The van der Waals surface area contributed by atoms with E-state index in [2.05, 4.69) is 185 Å². The van der Waals surface area contributed by atoms with Crippen LogP contribution >= 0.6 is 11.3 Å². The number of hydrogen-bond donors (Lipinski definition) is 0. The standard InChI is InChI=1S/C52H33FN2S/c53-39-26-31-48-46(33-39)43-12-3-5-16-47(43)55(48)50-18-7-6-17-49(50)54(40-27-22-35(23-28-40)38-21-20-34-10-1-2-11-37(34)32-38)41-29-24-36(25-30-41)42-14-9-15-45-44-13-4-8-19-51(44)56-52(42)45/h1-33H. The highest BCUT2D eigenvalue weighted by Gasteiger charge is 2.21. The van der Waals surface area contributed by atoms with Gasteiger partial charge in [0.1, 0.15) is 5.82 Å². The first-order chi connectivity index (χ1) is 27.7. The van der Waals surface area contributed by atoms with Crippen LogP contribution in [0.15, 0.2) is 200 Å². The van der Waals surface area contributed by atoms with Crippen LogP contribution in [0.1, 0.15) is 0 Å². The van der Waals surface area contributed by atoms with Crippen LogP contribution in [0, 0.1) is 5.82 Å². The Bertz CT molecular complexity index is 3270. The number of aromatic nitrogens is 1. The predicted octanol–water partition coefficient (Wildman–Crippen LogP) is 15.2. The molecule has 0 fully saturated rings. The Kier molecular flexibility index (Phi) is 7.58. The topological polar surface area (TPSA) is 8.17 Å². The summed E-state index contributed by atoms with van der Waals surface area (Å²) in [5.74, 6) is -0.242. The van der Waals surface area contributed by atoms with Gasteiger partial charge in [-0.25, -0.2) is 4.39 Å². The normalized spacial score (nSPS) is 11.7. The predicted molar refractivity (Wildman–Crippen MR) is 237 cm³/mol. The Balaban J connectivity index is 1.08. The summed E-state index contributed by atoms with van der Waals surface area (Å²) in [5.41, 5.74) is 10.8. The summed E-state index contributed by atoms with van der Waals surface area (Å²) in [5, 5.41) is 6.95. The van der Waals surface area contributed by atoms with Gasteiger partial charge in [0.05, 0.1) is 22.4 Å². The second-order valence-corrected chi connectivity index (χ2v) is 15.3. The lowest BCUT2D eigenvalue weighted by Crippen LogP contribution is -2.13. The van der Waals surface area contributed by atoms with Crippen molar-refractivity contribution in [1.82, 2.24) is 4.57 Å². The molecule has 0 spiro atoms. The number of rotatable bonds is 6. The fraction of sp³-hybridized carbons (Fsp3) is 0. The molecule has 0 N–H and O–H groups in total. The van der Waals surface area contributed by atoms with Gasteiger partial charge in [0, 0.05) is 42.3 Å². The van der Waals surface area contributed by atoms with E-state index in [9.17, 15) is 4.39 Å². The molecule has 0 atom stereocenters. The fourth-order valence-corrected chi connectivity index (χ4v) is 9.65. The van der Waals surface area contributed by atoms with Crippen molar-refractivity contribution in [3.63, 3.8) is 0 Å². The third-order valence-corrected chi connectivity index (χ3v) is 12.3. The molecule has 56 heavy (non-hydrogen) atoms. The Morgan fingerprint density at radius 2 is 1.07 bits per heavy atom. The summed E-state index contributed by atoms with van der Waals surface area (Å²) in [6, 6.07) is 70.2. The fourth-order valence-electron chi connectivity index (χ4n) is 8.41. The van der Waals surface area contributed by atoms with E-state index in [0.717, 1.165) is 50.1 Å². The lowest BCUT2D eigenvalue weighted by atomic mass is 10.0. The summed E-state index contributed by atoms with van der Waals surface area (Å²) in [6.45, 7) is 0. The Labute approximate surface area is 327 Å². The number of anilines is 3. The van der Waals surface area contributed by atoms with Crippen LogP contribution < -0.4 is 4.90 Å². The van der Waals surface area contributed by atoms with Crippen LogP contribution in [0.5, 0.6) is 0 Å². The van der Waals surface area contributed by atoms with Crippen LogP contribution in [0.3, 0.4) is 0 Å². The molecule has 264 valence electrons. The molecule has 4 heteroatoms. The molecule has 2 heterocycles. The second-order valence-electron chi connectivity index (χ2n) is 14.3. The molecule has 0 saturated heterocycles. The third-order valence-electron chi connectivity index (χ3n) is 11.0. The van der Waals surface area contributed by atoms with Gasteiger partial charge in [-0.15, -0.1) is 11.3 Å². The highest BCUT2D eigenvalue weighted by atomic mass is 32.1. The number of thiophene rings is 1. The molecule has 0 unspecified atom stereocenters. The summed E-state index contributed by atoms with van der Waals surface area (Å²) in [4.78, 5) is 2.34. The van der Waals surface area contributed by atoms with E-state index in [4.69, 9.17) is 0 Å². The van der Waals surface area contributed by atoms with Crippen molar-refractivity contribution >= 4 is 81.1 Å². The zero-order valence-electron chi connectivity index (χ0n) is 30.2. The van der Waals surface area contributed by atoms with E-state index >= 15 is 0 Å². The smallest absolute Gasteiger partial charge is 0.123 e. The molecule has 0 aliphatic rings. The monoisotopic (exact) mass is 736 g/mol. The largest absolute Gasteiger partial charge is 0.308 e. The van der Waals surface area contributed by atoms with Gasteiger partial charge in [0.15, 0.2) is 0 Å². The van der Waals surface area contributed by atoms with Crippen LogP contribution in [0.25, 0.3) is 80.7 Å². The van der Waals surface area contributed by atoms with Gasteiger partial charge in [0.25, 0.3) is 0 Å². The molecular weight excluding hydrogens is 704 g/mol. The number of nitrogens with zero attached hydrogens (tertiary/aromatic N) is 2. The molecule has 0 radical (unpaired) electrons. The van der Waals surface area contributed by atoms with Crippen molar-refractivity contribution in [2.45, 2.75) is 0 Å². The first-order valence-electron chi connectivity index (χ1n) is 18.9. The number of para-hydroxylation sites is 3. The third kappa shape index (κ3) is 5.30. The van der Waals surface area contributed by atoms with E-state index in [-0.39, 0.29) is 5.82 Å². The number of hydrogen-bond acceptors (Lipinski definition) is 2. The lowest BCUT2D eigenvalue weighted by molar-refractivity contribution is 0.629. The minimum atomic E-state index is -0.242. The molecular formula is C52H33FN2S. The van der Waals surface area contributed by atoms with E-state index in [1.165, 1.54) is 47.6 Å². The van der Waals surface area contributed by atoms with Gasteiger partial charge in [-0.2, -0.15) is 0 Å². The Morgan fingerprint density at radius 1 is 0.429 bits per heavy atom. The average molecular weight is 737 g/mol. The van der Waals surface area contributed by atoms with Crippen LogP contribution in [-0.4, -0.2) is 4.57 Å². The van der Waals surface area contributed by atoms with E-state index in [0.29, 0.717) is 0 Å². The van der Waals surface area contributed by atoms with Gasteiger partial charge < -0.3 is 9.47 Å². The lowest BCUT2D eigenvalue weighted by Gasteiger charge is -2.28. The summed E-state index contributed by atoms with van der Waals surface area (Å²) >= 11 is 1.85. The minimum absolute atomic E-state index is 0.242. The van der Waals surface area contributed by atoms with Crippen LogP contribution in [0.2, 0.25) is 0 Å². The number of halogens is 1. The SMILES string of the molecule is Fc1ccc2c(c1)c1ccccc1n2-c1ccccc1N(c1ccc(-c2ccc3ccccc3c2)cc1)c1ccc(-c2cccc3c2sc2ccccc23)cc1. The summed E-state index contributed by atoms with van der Waals surface area (Å²) in [7, 11) is 0. The second kappa shape index (κ2) is 13.1. The zero-order valence-corrected chi connectivity index (χ0v) is 31.0. The van der Waals surface area contributed by atoms with Gasteiger partial charge in [-0.3, -0.25) is 0 Å². The number of benzene rings is 9. The highest BCUT2D eigenvalue weighted by molar-refractivity contribution is 7.26. The Hall–Kier alpha value is -7.01. The maximum atomic E-state index is 14.7. The van der Waals surface area contributed by atoms with Crippen molar-refractivity contribution in [3.8, 4) is 27.9 Å². The maximum Gasteiger partial charge on any atom is 0.123 e. The summed E-state index contributed by atoms with van der Waals surface area (Å²) in [6.07, 6.45) is 0. The molecule has 9 aromatic carbocycles. The molecule has 11 rings (SSSR count). The highest BCUT2D eigenvalue weighted by Crippen LogP contribution is 2.44. The molecule has 0 saturated carbocycles. The Morgan fingerprint density at radius 3 is 1.91 bits per heavy atom. The van der Waals surface area contributed by atoms with Gasteiger partial charge in [-0.05, 0) is 106 Å². The van der Waals surface area contributed by atoms with Gasteiger partial charge in [0.2, 0.25) is 0 Å². The first kappa shape index (κ1) is 32.4. The van der Waals surface area contributed by atoms with E-state index < -0.39 is 0 Å². The molecule has 0 aliphatic heterocycles. The van der Waals surface area contributed by atoms with Crippen molar-refractivity contribution < 1.29 is 4.39 Å². The molecule has 0 amide bonds. The maximum absolute atomic E-state index is 14.7. The minimum Gasteiger partial charge on any atom is -0.308 e. The zero-order chi connectivity index (χ0) is 37.2. The quantitative estimate of drug-likeness (QED) is 0.165. The van der Waals surface area contributed by atoms with Crippen molar-refractivity contribution in [2.24, 2.45) is 0 Å². The molecule has 0 bridgehead atoms. The van der Waals surface area contributed by atoms with Crippen molar-refractivity contribution in [1.29, 1.82) is 0 Å². The van der Waals surface area contributed by atoms with Crippen LogP contribution in [-0.2, 0) is 0 Å². The first-order valence-corrected chi connectivity index (χ1v) is 19.7. The van der Waals surface area contributed by atoms with Gasteiger partial charge in [-0.1, -0.05) is 127 Å². The van der Waals surface area contributed by atoms with Crippen molar-refractivity contribution in [3.05, 3.63) is 206 Å². The number of fused-ring (bicyclic) bond motifs is 7. The van der Waals surface area contributed by atoms with E-state index in [1.54, 1.807) is 12.1 Å². The molecule has 2 nitrogen and oxygen atoms in total. The molecule has 11 aromatic rings. The molecule has 0 aliphatic carbocycles. The molecule has 2 aromatic heterocycles. The average Bonchev–Trinajstić information content (AvgIpc) is 3.80. The van der Waals surface area contributed by atoms with Crippen LogP contribution in [0.4, 0.5) is 21.5 Å². The van der Waals surface area contributed by atoms with E-state index in [1.807, 2.05) is 23.5 Å². The summed E-state index contributed by atoms with van der Waals surface area (Å²) < 4.78 is 19.6. The van der Waals surface area contributed by atoms with Crippen molar-refractivity contribution in [2.75, 3.05) is 4.90 Å². The van der Waals surface area contributed by atoms with Gasteiger partial charge >= 0.3 is 0 Å².